The molecule has 1 aliphatic rings. The standard InChI is InChI=1S/C6H12O4S/c1-5(2)6-3-9-11(7,8)10-4-6/h5-6H,3-4H2,1-2H3. The van der Waals surface area contributed by atoms with Gasteiger partial charge in [-0.05, 0) is 5.92 Å². The van der Waals surface area contributed by atoms with Crippen LogP contribution < -0.4 is 0 Å². The van der Waals surface area contributed by atoms with Gasteiger partial charge in [0.2, 0.25) is 0 Å². The summed E-state index contributed by atoms with van der Waals surface area (Å²) in [5, 5.41) is 0. The summed E-state index contributed by atoms with van der Waals surface area (Å²) in [6, 6.07) is 0. The van der Waals surface area contributed by atoms with Crippen molar-refractivity contribution in [3.63, 3.8) is 0 Å². The van der Waals surface area contributed by atoms with Crippen LogP contribution in [0.5, 0.6) is 0 Å². The molecule has 0 radical (unpaired) electrons. The molecule has 0 unspecified atom stereocenters. The summed E-state index contributed by atoms with van der Waals surface area (Å²) >= 11 is 0. The lowest BCUT2D eigenvalue weighted by molar-refractivity contribution is 0.0789. The molecule has 0 N–H and O–H groups in total. The third-order valence-electron chi connectivity index (χ3n) is 1.80. The van der Waals surface area contributed by atoms with E-state index in [1.54, 1.807) is 0 Å². The molecule has 0 aromatic carbocycles. The Bertz CT molecular complexity index is 205. The van der Waals surface area contributed by atoms with Gasteiger partial charge >= 0.3 is 10.4 Å². The summed E-state index contributed by atoms with van der Waals surface area (Å²) in [5.41, 5.74) is 0. The summed E-state index contributed by atoms with van der Waals surface area (Å²) in [4.78, 5) is 0. The average molecular weight is 180 g/mol. The Balaban J connectivity index is 2.49. The Morgan fingerprint density at radius 3 is 2.09 bits per heavy atom. The maximum absolute atomic E-state index is 10.6. The van der Waals surface area contributed by atoms with Gasteiger partial charge in [0, 0.05) is 5.92 Å². The maximum Gasteiger partial charge on any atom is 0.399 e. The van der Waals surface area contributed by atoms with E-state index in [2.05, 4.69) is 8.37 Å². The van der Waals surface area contributed by atoms with E-state index in [1.807, 2.05) is 13.8 Å². The van der Waals surface area contributed by atoms with Gasteiger partial charge in [0.05, 0.1) is 13.2 Å². The Hall–Kier alpha value is -0.130. The predicted octanol–water partition coefficient (Wildman–Crippen LogP) is 0.550. The Labute approximate surface area is 66.8 Å². The van der Waals surface area contributed by atoms with Crippen molar-refractivity contribution in [2.24, 2.45) is 11.8 Å². The van der Waals surface area contributed by atoms with Crippen LogP contribution in [0.1, 0.15) is 13.8 Å². The third kappa shape index (κ3) is 2.43. The molecule has 0 aliphatic carbocycles. The molecule has 1 aliphatic heterocycles. The lowest BCUT2D eigenvalue weighted by Gasteiger charge is -2.23. The maximum atomic E-state index is 10.6. The minimum atomic E-state index is -3.65. The van der Waals surface area contributed by atoms with Crippen molar-refractivity contribution in [1.82, 2.24) is 0 Å². The molecule has 1 fully saturated rings. The molecular weight excluding hydrogens is 168 g/mol. The van der Waals surface area contributed by atoms with E-state index in [4.69, 9.17) is 0 Å². The minimum Gasteiger partial charge on any atom is -0.248 e. The Morgan fingerprint density at radius 2 is 1.73 bits per heavy atom. The first-order chi connectivity index (χ1) is 5.01. The molecule has 0 bridgehead atoms. The van der Waals surface area contributed by atoms with Gasteiger partial charge in [-0.15, -0.1) is 0 Å². The molecule has 0 atom stereocenters. The van der Waals surface area contributed by atoms with E-state index in [-0.39, 0.29) is 19.1 Å². The molecular formula is C6H12O4S. The van der Waals surface area contributed by atoms with Crippen LogP contribution in [-0.2, 0) is 18.8 Å². The van der Waals surface area contributed by atoms with Gasteiger partial charge in [-0.2, -0.15) is 8.42 Å². The average Bonchev–Trinajstić information content (AvgIpc) is 1.86. The second kappa shape index (κ2) is 3.08. The molecule has 0 saturated carbocycles. The minimum absolute atomic E-state index is 0.193. The molecule has 1 rings (SSSR count). The van der Waals surface area contributed by atoms with Crippen LogP contribution in [0.15, 0.2) is 0 Å². The molecule has 0 amide bonds. The van der Waals surface area contributed by atoms with Gasteiger partial charge in [-0.1, -0.05) is 13.8 Å². The number of hydrogen-bond donors (Lipinski definition) is 0. The van der Waals surface area contributed by atoms with E-state index in [0.29, 0.717) is 5.92 Å². The van der Waals surface area contributed by atoms with E-state index in [9.17, 15) is 8.42 Å². The van der Waals surface area contributed by atoms with E-state index < -0.39 is 10.4 Å². The molecule has 4 nitrogen and oxygen atoms in total. The highest BCUT2D eigenvalue weighted by Gasteiger charge is 2.26. The lowest BCUT2D eigenvalue weighted by Crippen LogP contribution is -2.31. The second-order valence-electron chi connectivity index (χ2n) is 2.98. The quantitative estimate of drug-likeness (QED) is 0.591. The van der Waals surface area contributed by atoms with Crippen molar-refractivity contribution in [1.29, 1.82) is 0 Å². The number of rotatable bonds is 1. The van der Waals surface area contributed by atoms with Crippen molar-refractivity contribution in [3.05, 3.63) is 0 Å². The van der Waals surface area contributed by atoms with Gasteiger partial charge in [-0.3, -0.25) is 0 Å². The summed E-state index contributed by atoms with van der Waals surface area (Å²) in [7, 11) is -3.65. The van der Waals surface area contributed by atoms with Crippen LogP contribution in [0.25, 0.3) is 0 Å². The third-order valence-corrected chi connectivity index (χ3v) is 2.65. The monoisotopic (exact) mass is 180 g/mol. The van der Waals surface area contributed by atoms with Gasteiger partial charge in [0.15, 0.2) is 0 Å². The highest BCUT2D eigenvalue weighted by molar-refractivity contribution is 7.81. The summed E-state index contributed by atoms with van der Waals surface area (Å²) < 4.78 is 30.1. The van der Waals surface area contributed by atoms with Crippen LogP contribution in [0.4, 0.5) is 0 Å². The zero-order valence-electron chi connectivity index (χ0n) is 6.61. The zero-order valence-corrected chi connectivity index (χ0v) is 7.43. The molecule has 1 saturated heterocycles. The van der Waals surface area contributed by atoms with Crippen LogP contribution in [0, 0.1) is 11.8 Å². The van der Waals surface area contributed by atoms with Gasteiger partial charge in [0.25, 0.3) is 0 Å². The SMILES string of the molecule is CC(C)C1COS(=O)(=O)OC1. The first-order valence-electron chi connectivity index (χ1n) is 3.55. The lowest BCUT2D eigenvalue weighted by atomic mass is 9.98. The van der Waals surface area contributed by atoms with Crippen LogP contribution in [-0.4, -0.2) is 21.6 Å². The van der Waals surface area contributed by atoms with Crippen molar-refractivity contribution >= 4 is 10.4 Å². The molecule has 11 heavy (non-hydrogen) atoms. The van der Waals surface area contributed by atoms with Crippen molar-refractivity contribution in [2.75, 3.05) is 13.2 Å². The molecule has 0 spiro atoms. The van der Waals surface area contributed by atoms with Crippen molar-refractivity contribution in [3.8, 4) is 0 Å². The summed E-state index contributed by atoms with van der Waals surface area (Å²) in [6.45, 7) is 4.52. The Kier molecular flexibility index (Phi) is 2.51. The fourth-order valence-corrected chi connectivity index (χ4v) is 1.56. The van der Waals surface area contributed by atoms with Crippen LogP contribution in [0.2, 0.25) is 0 Å². The summed E-state index contributed by atoms with van der Waals surface area (Å²) in [6.07, 6.45) is 0. The molecule has 5 heteroatoms. The van der Waals surface area contributed by atoms with Gasteiger partial charge < -0.3 is 0 Å². The van der Waals surface area contributed by atoms with Crippen LogP contribution >= 0.6 is 0 Å². The topological polar surface area (TPSA) is 52.6 Å². The second-order valence-corrected chi connectivity index (χ2v) is 4.27. The highest BCUT2D eigenvalue weighted by atomic mass is 32.3. The predicted molar refractivity (Wildman–Crippen MR) is 39.2 cm³/mol. The summed E-state index contributed by atoms with van der Waals surface area (Å²) in [5.74, 6) is 0.587. The molecule has 0 aromatic rings. The normalized spacial score (nSPS) is 25.7. The van der Waals surface area contributed by atoms with E-state index >= 15 is 0 Å². The fraction of sp³-hybridized carbons (Fsp3) is 1.00. The Morgan fingerprint density at radius 1 is 1.27 bits per heavy atom. The van der Waals surface area contributed by atoms with E-state index in [0.717, 1.165) is 0 Å². The van der Waals surface area contributed by atoms with Crippen molar-refractivity contribution < 1.29 is 16.8 Å². The van der Waals surface area contributed by atoms with Crippen LogP contribution in [0.3, 0.4) is 0 Å². The van der Waals surface area contributed by atoms with Crippen molar-refractivity contribution in [2.45, 2.75) is 13.8 Å². The number of hydrogen-bond acceptors (Lipinski definition) is 4. The molecule has 1 heterocycles. The van der Waals surface area contributed by atoms with E-state index in [1.165, 1.54) is 0 Å². The van der Waals surface area contributed by atoms with Gasteiger partial charge in [0.1, 0.15) is 0 Å². The first kappa shape index (κ1) is 8.96. The zero-order chi connectivity index (χ0) is 8.48. The molecule has 0 aromatic heterocycles. The highest BCUT2D eigenvalue weighted by Crippen LogP contribution is 2.18. The van der Waals surface area contributed by atoms with Gasteiger partial charge in [-0.25, -0.2) is 8.37 Å². The molecule has 66 valence electrons. The fourth-order valence-electron chi connectivity index (χ4n) is 0.808. The largest absolute Gasteiger partial charge is 0.399 e. The first-order valence-corrected chi connectivity index (χ1v) is 4.88. The smallest absolute Gasteiger partial charge is 0.248 e.